The maximum atomic E-state index is 12.8. The minimum Gasteiger partial charge on any atom is -0.336 e. The Morgan fingerprint density at radius 2 is 1.71 bits per heavy atom. The monoisotopic (exact) mass is 375 g/mol. The standard InChI is InChI=1S/C22H25N5O/c28-22(26-10-4-1-5-11-26)21-24-23-20-16-25(12-13-27(20)21)15-17-8-9-18-6-2-3-7-19(18)14-17/h2-3,6-9,14H,1,4-5,10-13,15-16H2. The summed E-state index contributed by atoms with van der Waals surface area (Å²) in [6, 6.07) is 15.1. The first-order valence-electron chi connectivity index (χ1n) is 10.2. The second-order valence-corrected chi connectivity index (χ2v) is 7.84. The Labute approximate surface area is 164 Å². The summed E-state index contributed by atoms with van der Waals surface area (Å²) in [5, 5.41) is 11.1. The first-order valence-corrected chi connectivity index (χ1v) is 10.2. The number of carbonyl (C=O) groups is 1. The van der Waals surface area contributed by atoms with Gasteiger partial charge in [0.05, 0.1) is 6.54 Å². The Bertz CT molecular complexity index is 1010. The largest absolute Gasteiger partial charge is 0.336 e. The molecule has 0 saturated carbocycles. The van der Waals surface area contributed by atoms with Crippen molar-refractivity contribution >= 4 is 16.7 Å². The van der Waals surface area contributed by atoms with Gasteiger partial charge in [-0.15, -0.1) is 10.2 Å². The lowest BCUT2D eigenvalue weighted by atomic mass is 10.1. The Morgan fingerprint density at radius 3 is 2.57 bits per heavy atom. The molecule has 144 valence electrons. The lowest BCUT2D eigenvalue weighted by molar-refractivity contribution is 0.0702. The zero-order valence-electron chi connectivity index (χ0n) is 16.0. The molecule has 3 heterocycles. The number of amides is 1. The van der Waals surface area contributed by atoms with Crippen LogP contribution in [0.25, 0.3) is 10.8 Å². The van der Waals surface area contributed by atoms with Crippen LogP contribution in [-0.4, -0.2) is 50.1 Å². The zero-order chi connectivity index (χ0) is 18.9. The Balaban J connectivity index is 1.30. The van der Waals surface area contributed by atoms with Crippen molar-refractivity contribution in [3.63, 3.8) is 0 Å². The molecule has 2 aromatic carbocycles. The highest BCUT2D eigenvalue weighted by atomic mass is 16.2. The number of hydrogen-bond acceptors (Lipinski definition) is 4. The number of carbonyl (C=O) groups excluding carboxylic acids is 1. The normalized spacial score (nSPS) is 17.6. The molecule has 1 aromatic heterocycles. The van der Waals surface area contributed by atoms with Crippen LogP contribution >= 0.6 is 0 Å². The highest BCUT2D eigenvalue weighted by molar-refractivity contribution is 5.90. The topological polar surface area (TPSA) is 54.3 Å². The van der Waals surface area contributed by atoms with Gasteiger partial charge >= 0.3 is 0 Å². The van der Waals surface area contributed by atoms with Crippen LogP contribution in [0, 0.1) is 0 Å². The first kappa shape index (κ1) is 17.4. The number of benzene rings is 2. The molecule has 6 heteroatoms. The van der Waals surface area contributed by atoms with Gasteiger partial charge in [0.25, 0.3) is 5.91 Å². The van der Waals surface area contributed by atoms with Crippen molar-refractivity contribution in [1.82, 2.24) is 24.6 Å². The maximum absolute atomic E-state index is 12.8. The van der Waals surface area contributed by atoms with E-state index in [1.165, 1.54) is 22.8 Å². The molecular formula is C22H25N5O. The summed E-state index contributed by atoms with van der Waals surface area (Å²) in [5.74, 6) is 1.45. The van der Waals surface area contributed by atoms with E-state index in [-0.39, 0.29) is 5.91 Å². The molecular weight excluding hydrogens is 350 g/mol. The molecule has 3 aromatic rings. The Morgan fingerprint density at radius 1 is 0.893 bits per heavy atom. The molecule has 0 atom stereocenters. The summed E-state index contributed by atoms with van der Waals surface area (Å²) in [4.78, 5) is 17.1. The van der Waals surface area contributed by atoms with E-state index < -0.39 is 0 Å². The van der Waals surface area contributed by atoms with E-state index in [1.807, 2.05) is 9.47 Å². The summed E-state index contributed by atoms with van der Waals surface area (Å²) in [5.41, 5.74) is 1.30. The van der Waals surface area contributed by atoms with Crippen molar-refractivity contribution in [3.05, 3.63) is 59.7 Å². The van der Waals surface area contributed by atoms with E-state index in [1.54, 1.807) is 0 Å². The minimum atomic E-state index is 0.0430. The Hall–Kier alpha value is -2.73. The van der Waals surface area contributed by atoms with Crippen LogP contribution in [0.15, 0.2) is 42.5 Å². The molecule has 1 fully saturated rings. The highest BCUT2D eigenvalue weighted by Gasteiger charge is 2.28. The molecule has 0 bridgehead atoms. The maximum Gasteiger partial charge on any atom is 0.291 e. The second-order valence-electron chi connectivity index (χ2n) is 7.84. The van der Waals surface area contributed by atoms with Gasteiger partial charge in [-0.2, -0.15) is 0 Å². The van der Waals surface area contributed by atoms with Gasteiger partial charge in [-0.05, 0) is 41.7 Å². The molecule has 0 unspecified atom stereocenters. The first-order chi connectivity index (χ1) is 13.8. The summed E-state index contributed by atoms with van der Waals surface area (Å²) >= 11 is 0. The summed E-state index contributed by atoms with van der Waals surface area (Å²) < 4.78 is 2.02. The van der Waals surface area contributed by atoms with Gasteiger partial charge < -0.3 is 9.47 Å². The number of aromatic nitrogens is 3. The van der Waals surface area contributed by atoms with Crippen molar-refractivity contribution in [1.29, 1.82) is 0 Å². The second kappa shape index (κ2) is 7.36. The molecule has 1 amide bonds. The van der Waals surface area contributed by atoms with Crippen LogP contribution in [0.1, 0.15) is 41.3 Å². The third kappa shape index (κ3) is 3.29. The van der Waals surface area contributed by atoms with Crippen LogP contribution in [0.3, 0.4) is 0 Å². The van der Waals surface area contributed by atoms with Crippen molar-refractivity contribution in [2.45, 2.75) is 38.9 Å². The highest BCUT2D eigenvalue weighted by Crippen LogP contribution is 2.20. The predicted molar refractivity (Wildman–Crippen MR) is 108 cm³/mol. The molecule has 6 nitrogen and oxygen atoms in total. The number of likely N-dealkylation sites (tertiary alicyclic amines) is 1. The lowest BCUT2D eigenvalue weighted by Gasteiger charge is -2.29. The molecule has 2 aliphatic rings. The fourth-order valence-corrected chi connectivity index (χ4v) is 4.33. The van der Waals surface area contributed by atoms with Crippen LogP contribution < -0.4 is 0 Å². The zero-order valence-corrected chi connectivity index (χ0v) is 16.0. The van der Waals surface area contributed by atoms with Crippen molar-refractivity contribution in [2.75, 3.05) is 19.6 Å². The van der Waals surface area contributed by atoms with E-state index in [4.69, 9.17) is 0 Å². The predicted octanol–water partition coefficient (Wildman–Crippen LogP) is 3.07. The number of rotatable bonds is 3. The lowest BCUT2D eigenvalue weighted by Crippen LogP contribution is -2.39. The average Bonchev–Trinajstić information content (AvgIpc) is 3.17. The van der Waals surface area contributed by atoms with Crippen LogP contribution in [-0.2, 0) is 19.6 Å². The Kier molecular flexibility index (Phi) is 4.56. The number of fused-ring (bicyclic) bond motifs is 2. The van der Waals surface area contributed by atoms with Gasteiger partial charge in [0.2, 0.25) is 5.82 Å². The third-order valence-electron chi connectivity index (χ3n) is 5.89. The molecule has 2 aliphatic heterocycles. The van der Waals surface area contributed by atoms with E-state index in [9.17, 15) is 4.79 Å². The van der Waals surface area contributed by atoms with Crippen molar-refractivity contribution in [2.24, 2.45) is 0 Å². The third-order valence-corrected chi connectivity index (χ3v) is 5.89. The molecule has 0 spiro atoms. The fourth-order valence-electron chi connectivity index (χ4n) is 4.33. The summed E-state index contributed by atoms with van der Waals surface area (Å²) in [6.45, 7) is 4.97. The van der Waals surface area contributed by atoms with Crippen LogP contribution in [0.4, 0.5) is 0 Å². The van der Waals surface area contributed by atoms with Gasteiger partial charge in [-0.1, -0.05) is 36.4 Å². The van der Waals surface area contributed by atoms with Crippen LogP contribution in [0.2, 0.25) is 0 Å². The summed E-state index contributed by atoms with van der Waals surface area (Å²) in [7, 11) is 0. The van der Waals surface area contributed by atoms with Crippen molar-refractivity contribution in [3.8, 4) is 0 Å². The van der Waals surface area contributed by atoms with E-state index in [0.29, 0.717) is 5.82 Å². The number of hydrogen-bond donors (Lipinski definition) is 0. The quantitative estimate of drug-likeness (QED) is 0.706. The van der Waals surface area contributed by atoms with Gasteiger partial charge in [-0.25, -0.2) is 0 Å². The molecule has 0 aliphatic carbocycles. The van der Waals surface area contributed by atoms with Crippen molar-refractivity contribution < 1.29 is 4.79 Å². The number of piperidine rings is 1. The van der Waals surface area contributed by atoms with E-state index in [2.05, 4.69) is 57.6 Å². The van der Waals surface area contributed by atoms with Crippen LogP contribution in [0.5, 0.6) is 0 Å². The smallest absolute Gasteiger partial charge is 0.291 e. The molecule has 0 N–H and O–H groups in total. The molecule has 28 heavy (non-hydrogen) atoms. The number of nitrogens with zero attached hydrogens (tertiary/aromatic N) is 5. The SMILES string of the molecule is O=C(c1nnc2n1CCN(Cc1ccc3ccccc3c1)C2)N1CCCCC1. The van der Waals surface area contributed by atoms with E-state index >= 15 is 0 Å². The molecule has 1 saturated heterocycles. The van der Waals surface area contributed by atoms with Gasteiger partial charge in [-0.3, -0.25) is 9.69 Å². The summed E-state index contributed by atoms with van der Waals surface area (Å²) in [6.07, 6.45) is 3.39. The van der Waals surface area contributed by atoms with Gasteiger partial charge in [0.15, 0.2) is 0 Å². The molecule has 0 radical (unpaired) electrons. The van der Waals surface area contributed by atoms with Gasteiger partial charge in [0, 0.05) is 32.7 Å². The van der Waals surface area contributed by atoms with E-state index in [0.717, 1.165) is 57.9 Å². The minimum absolute atomic E-state index is 0.0430. The fraction of sp³-hybridized carbons (Fsp3) is 0.409. The van der Waals surface area contributed by atoms with Gasteiger partial charge in [0.1, 0.15) is 5.82 Å². The average molecular weight is 375 g/mol. The molecule has 5 rings (SSSR count).